The third kappa shape index (κ3) is 4.20. The molecule has 0 saturated carbocycles. The van der Waals surface area contributed by atoms with E-state index in [1.165, 1.54) is 6.08 Å². The summed E-state index contributed by atoms with van der Waals surface area (Å²) in [6.07, 6.45) is 3.10. The van der Waals surface area contributed by atoms with Crippen molar-refractivity contribution in [3.8, 4) is 11.3 Å². The molecule has 0 bridgehead atoms. The van der Waals surface area contributed by atoms with E-state index in [1.54, 1.807) is 6.08 Å². The molecule has 0 saturated heterocycles. The number of carbonyl (C=O) groups excluding carboxylic acids is 1. The molecule has 2 aromatic carbocycles. The van der Waals surface area contributed by atoms with Gasteiger partial charge in [0.1, 0.15) is 11.5 Å². The maximum atomic E-state index is 12.0. The Bertz CT molecular complexity index is 941. The molecule has 0 radical (unpaired) electrons. The summed E-state index contributed by atoms with van der Waals surface area (Å²) >= 11 is 6.15. The first-order valence-corrected chi connectivity index (χ1v) is 8.32. The number of amides is 1. The standard InChI is InChI=1S/C21H18ClNO2/c1-14-7-8-16(13-18(14)22)20-11-9-17(25-20)10-12-21(24)23-19-6-4-3-5-15(19)2/h3-13H,1-2H3,(H,23,24). The number of nitrogens with one attached hydrogen (secondary N) is 1. The highest BCUT2D eigenvalue weighted by Gasteiger charge is 2.06. The highest BCUT2D eigenvalue weighted by atomic mass is 35.5. The first kappa shape index (κ1) is 17.1. The molecule has 0 unspecified atom stereocenters. The van der Waals surface area contributed by atoms with Crippen LogP contribution in [-0.4, -0.2) is 5.91 Å². The van der Waals surface area contributed by atoms with Crippen molar-refractivity contribution in [1.82, 2.24) is 0 Å². The maximum absolute atomic E-state index is 12.0. The molecule has 126 valence electrons. The number of rotatable bonds is 4. The third-order valence-electron chi connectivity index (χ3n) is 3.89. The fourth-order valence-electron chi connectivity index (χ4n) is 2.39. The van der Waals surface area contributed by atoms with E-state index in [1.807, 2.05) is 68.4 Å². The lowest BCUT2D eigenvalue weighted by molar-refractivity contribution is -0.111. The third-order valence-corrected chi connectivity index (χ3v) is 4.29. The average molecular weight is 352 g/mol. The number of furan rings is 1. The molecule has 1 aromatic heterocycles. The number of carbonyl (C=O) groups is 1. The highest BCUT2D eigenvalue weighted by Crippen LogP contribution is 2.27. The summed E-state index contributed by atoms with van der Waals surface area (Å²) < 4.78 is 5.76. The van der Waals surface area contributed by atoms with Gasteiger partial charge in [0.05, 0.1) is 0 Å². The Kier molecular flexibility index (Phi) is 5.05. The Hall–Kier alpha value is -2.78. The SMILES string of the molecule is Cc1ccc(-c2ccc(C=CC(=O)Nc3ccccc3C)o2)cc1Cl. The fraction of sp³-hybridized carbons (Fsp3) is 0.0952. The van der Waals surface area contributed by atoms with Crippen LogP contribution in [0.4, 0.5) is 5.69 Å². The average Bonchev–Trinajstić information content (AvgIpc) is 3.07. The Balaban J connectivity index is 1.70. The van der Waals surface area contributed by atoms with Crippen LogP contribution in [0.1, 0.15) is 16.9 Å². The lowest BCUT2D eigenvalue weighted by Gasteiger charge is -2.04. The number of halogens is 1. The van der Waals surface area contributed by atoms with Gasteiger partial charge in [-0.1, -0.05) is 41.9 Å². The summed E-state index contributed by atoms with van der Waals surface area (Å²) in [5.41, 5.74) is 3.73. The second kappa shape index (κ2) is 7.41. The minimum atomic E-state index is -0.203. The summed E-state index contributed by atoms with van der Waals surface area (Å²) in [5.74, 6) is 1.11. The van der Waals surface area contributed by atoms with Crippen LogP contribution in [0, 0.1) is 13.8 Å². The van der Waals surface area contributed by atoms with Crippen molar-refractivity contribution >= 4 is 29.3 Å². The van der Waals surface area contributed by atoms with Gasteiger partial charge in [0.25, 0.3) is 0 Å². The maximum Gasteiger partial charge on any atom is 0.248 e. The number of hydrogen-bond donors (Lipinski definition) is 1. The molecule has 1 heterocycles. The molecule has 4 heteroatoms. The smallest absolute Gasteiger partial charge is 0.248 e. The molecule has 25 heavy (non-hydrogen) atoms. The molecule has 0 aliphatic carbocycles. The number of anilines is 1. The van der Waals surface area contributed by atoms with Crippen molar-refractivity contribution in [1.29, 1.82) is 0 Å². The van der Waals surface area contributed by atoms with Gasteiger partial charge in [-0.15, -0.1) is 0 Å². The van der Waals surface area contributed by atoms with E-state index in [0.717, 1.165) is 22.4 Å². The molecule has 0 fully saturated rings. The Morgan fingerprint density at radius 2 is 1.84 bits per heavy atom. The number of hydrogen-bond acceptors (Lipinski definition) is 2. The summed E-state index contributed by atoms with van der Waals surface area (Å²) in [5, 5.41) is 3.55. The Labute approximate surface area is 151 Å². The van der Waals surface area contributed by atoms with E-state index in [9.17, 15) is 4.79 Å². The van der Waals surface area contributed by atoms with Crippen molar-refractivity contribution in [2.75, 3.05) is 5.32 Å². The van der Waals surface area contributed by atoms with Gasteiger partial charge in [-0.2, -0.15) is 0 Å². The Morgan fingerprint density at radius 3 is 2.60 bits per heavy atom. The fourth-order valence-corrected chi connectivity index (χ4v) is 2.57. The lowest BCUT2D eigenvalue weighted by atomic mass is 10.1. The molecule has 0 spiro atoms. The largest absolute Gasteiger partial charge is 0.457 e. The molecule has 3 rings (SSSR count). The lowest BCUT2D eigenvalue weighted by Crippen LogP contribution is -2.08. The summed E-state index contributed by atoms with van der Waals surface area (Å²) in [6, 6.07) is 17.1. The quantitative estimate of drug-likeness (QED) is 0.597. The van der Waals surface area contributed by atoms with Gasteiger partial charge in [0.2, 0.25) is 5.91 Å². The minimum absolute atomic E-state index is 0.203. The van der Waals surface area contributed by atoms with Gasteiger partial charge in [0, 0.05) is 22.3 Å². The Morgan fingerprint density at radius 1 is 1.04 bits per heavy atom. The molecule has 3 aromatic rings. The molecule has 0 aliphatic rings. The number of benzene rings is 2. The van der Waals surface area contributed by atoms with E-state index in [-0.39, 0.29) is 5.91 Å². The van der Waals surface area contributed by atoms with Gasteiger partial charge in [0.15, 0.2) is 0 Å². The van der Waals surface area contributed by atoms with E-state index >= 15 is 0 Å². The van der Waals surface area contributed by atoms with Crippen LogP contribution in [0.2, 0.25) is 5.02 Å². The summed E-state index contributed by atoms with van der Waals surface area (Å²) in [4.78, 5) is 12.0. The van der Waals surface area contributed by atoms with Gasteiger partial charge in [-0.05, 0) is 55.3 Å². The molecule has 1 amide bonds. The summed E-state index contributed by atoms with van der Waals surface area (Å²) in [7, 11) is 0. The van der Waals surface area contributed by atoms with Crippen molar-refractivity contribution in [3.05, 3.63) is 82.6 Å². The van der Waals surface area contributed by atoms with Crippen molar-refractivity contribution in [2.24, 2.45) is 0 Å². The molecule has 0 atom stereocenters. The van der Waals surface area contributed by atoms with E-state index in [0.29, 0.717) is 16.5 Å². The highest BCUT2D eigenvalue weighted by molar-refractivity contribution is 6.31. The first-order chi connectivity index (χ1) is 12.0. The zero-order valence-electron chi connectivity index (χ0n) is 14.0. The van der Waals surface area contributed by atoms with Crippen molar-refractivity contribution in [3.63, 3.8) is 0 Å². The first-order valence-electron chi connectivity index (χ1n) is 7.94. The topological polar surface area (TPSA) is 42.2 Å². The normalized spacial score (nSPS) is 11.0. The second-order valence-corrected chi connectivity index (χ2v) is 6.21. The van der Waals surface area contributed by atoms with Crippen LogP contribution in [0.3, 0.4) is 0 Å². The van der Waals surface area contributed by atoms with Crippen molar-refractivity contribution in [2.45, 2.75) is 13.8 Å². The molecule has 1 N–H and O–H groups in total. The monoisotopic (exact) mass is 351 g/mol. The number of aryl methyl sites for hydroxylation is 2. The van der Waals surface area contributed by atoms with E-state index < -0.39 is 0 Å². The van der Waals surface area contributed by atoms with Crippen LogP contribution >= 0.6 is 11.6 Å². The zero-order valence-corrected chi connectivity index (χ0v) is 14.8. The second-order valence-electron chi connectivity index (χ2n) is 5.80. The van der Waals surface area contributed by atoms with E-state index in [4.69, 9.17) is 16.0 Å². The van der Waals surface area contributed by atoms with Crippen LogP contribution in [-0.2, 0) is 4.79 Å². The van der Waals surface area contributed by atoms with Gasteiger partial charge in [-0.3, -0.25) is 4.79 Å². The van der Waals surface area contributed by atoms with Gasteiger partial charge in [-0.25, -0.2) is 0 Å². The minimum Gasteiger partial charge on any atom is -0.457 e. The van der Waals surface area contributed by atoms with Crippen LogP contribution in [0.25, 0.3) is 17.4 Å². The predicted octanol–water partition coefficient (Wildman–Crippen LogP) is 5.87. The van der Waals surface area contributed by atoms with E-state index in [2.05, 4.69) is 5.32 Å². The molecule has 0 aliphatic heterocycles. The number of para-hydroxylation sites is 1. The molecule has 3 nitrogen and oxygen atoms in total. The van der Waals surface area contributed by atoms with Gasteiger partial charge < -0.3 is 9.73 Å². The van der Waals surface area contributed by atoms with Crippen LogP contribution < -0.4 is 5.32 Å². The van der Waals surface area contributed by atoms with Crippen LogP contribution in [0.15, 0.2) is 65.1 Å². The molecular formula is C21H18ClNO2. The van der Waals surface area contributed by atoms with Crippen LogP contribution in [0.5, 0.6) is 0 Å². The predicted molar refractivity (Wildman–Crippen MR) is 103 cm³/mol. The van der Waals surface area contributed by atoms with Gasteiger partial charge >= 0.3 is 0 Å². The van der Waals surface area contributed by atoms with Crippen molar-refractivity contribution < 1.29 is 9.21 Å². The molecular weight excluding hydrogens is 334 g/mol. The summed E-state index contributed by atoms with van der Waals surface area (Å²) in [6.45, 7) is 3.90. The zero-order chi connectivity index (χ0) is 17.8.